The maximum absolute atomic E-state index is 12.8. The van der Waals surface area contributed by atoms with Gasteiger partial charge in [0, 0.05) is 40.9 Å². The lowest BCUT2D eigenvalue weighted by atomic mass is 9.78. The van der Waals surface area contributed by atoms with Crippen LogP contribution in [0.25, 0.3) is 0 Å². The Labute approximate surface area is 335 Å². The van der Waals surface area contributed by atoms with Crippen LogP contribution in [0, 0.1) is 20.2 Å². The monoisotopic (exact) mass is 798 g/mol. The number of nitro benzene ring substituents is 2. The van der Waals surface area contributed by atoms with E-state index in [0.29, 0.717) is 34.4 Å². The third-order valence-electron chi connectivity index (χ3n) is 9.23. The minimum atomic E-state index is -1.39. The molecule has 298 valence electrons. The maximum atomic E-state index is 12.8. The van der Waals surface area contributed by atoms with Crippen LogP contribution in [0.5, 0.6) is 23.0 Å². The van der Waals surface area contributed by atoms with E-state index < -0.39 is 33.4 Å². The molecular weight excluding hydrogens is 764 g/mol. The Hall–Kier alpha value is -8.11. The molecule has 16 nitrogen and oxygen atoms in total. The Kier molecular flexibility index (Phi) is 11.9. The van der Waals surface area contributed by atoms with Gasteiger partial charge in [-0.3, -0.25) is 35.3 Å². The van der Waals surface area contributed by atoms with E-state index in [1.807, 2.05) is 48.5 Å². The van der Waals surface area contributed by atoms with Gasteiger partial charge in [0.1, 0.15) is 29.6 Å². The molecule has 0 aliphatic rings. The number of hydrogen-bond acceptors (Lipinski definition) is 11. The molecule has 0 saturated carbocycles. The molecule has 0 unspecified atom stereocenters. The highest BCUT2D eigenvalue weighted by molar-refractivity contribution is 6.11. The van der Waals surface area contributed by atoms with Crippen molar-refractivity contribution in [2.75, 3.05) is 10.8 Å². The zero-order chi connectivity index (χ0) is 42.3. The number of carboxylic acid groups (broad SMARTS) is 2. The molecule has 0 aliphatic heterocycles. The van der Waals surface area contributed by atoms with Gasteiger partial charge in [0.2, 0.25) is 0 Å². The summed E-state index contributed by atoms with van der Waals surface area (Å²) < 4.78 is 12.0. The topological polar surface area (TPSA) is 230 Å². The minimum Gasteiger partial charge on any atom is -0.478 e. The van der Waals surface area contributed by atoms with Gasteiger partial charge in [0.15, 0.2) is 0 Å². The molecule has 4 N–H and O–H groups in total. The summed E-state index contributed by atoms with van der Waals surface area (Å²) in [6.07, 6.45) is 0. The molecule has 0 bridgehead atoms. The molecule has 0 aromatic heterocycles. The third kappa shape index (κ3) is 9.83. The minimum absolute atomic E-state index is 0.0992. The summed E-state index contributed by atoms with van der Waals surface area (Å²) in [4.78, 5) is 62.3. The van der Waals surface area contributed by atoms with E-state index in [1.165, 1.54) is 6.07 Å². The van der Waals surface area contributed by atoms with Gasteiger partial charge in [0.05, 0.1) is 32.2 Å². The first kappa shape index (κ1) is 40.6. The molecule has 0 heterocycles. The Morgan fingerprint density at radius 2 is 1.00 bits per heavy atom. The number of ether oxygens (including phenoxy) is 2. The average Bonchev–Trinajstić information content (AvgIpc) is 3.22. The number of amides is 1. The van der Waals surface area contributed by atoms with Crippen LogP contribution in [-0.2, 0) is 16.9 Å². The summed E-state index contributed by atoms with van der Waals surface area (Å²) in [5, 5.41) is 43.7. The van der Waals surface area contributed by atoms with Crippen molar-refractivity contribution in [3.63, 3.8) is 0 Å². The van der Waals surface area contributed by atoms with Gasteiger partial charge in [-0.2, -0.15) is 0 Å². The predicted molar refractivity (Wildman–Crippen MR) is 215 cm³/mol. The Bertz CT molecular complexity index is 2540. The second kappa shape index (κ2) is 17.4. The number of nitrogens with one attached hydrogen (secondary N) is 2. The molecule has 1 amide bonds. The summed E-state index contributed by atoms with van der Waals surface area (Å²) in [5.74, 6) is -1.23. The molecule has 0 saturated heterocycles. The maximum Gasteiger partial charge on any atom is 0.336 e. The van der Waals surface area contributed by atoms with Gasteiger partial charge in [-0.25, -0.2) is 9.59 Å². The van der Waals surface area contributed by atoms with E-state index in [1.54, 1.807) is 48.5 Å². The van der Waals surface area contributed by atoms with Crippen LogP contribution in [0.2, 0.25) is 0 Å². The van der Waals surface area contributed by atoms with Gasteiger partial charge < -0.3 is 25.0 Å². The number of benzene rings is 6. The first-order valence-electron chi connectivity index (χ1n) is 17.7. The SMILES string of the molecule is CC(C)(c1ccc(Oc2ccc(NOCc3cc([N+](=O)[O-])ccc3C(=O)O)cc2)cc1)c1ccc(Oc2ccc(NC(=O)c3cc([N+](=O)[O-])ccc3C(=O)O)cc2)cc1. The number of nitro groups is 2. The average molecular weight is 799 g/mol. The zero-order valence-electron chi connectivity index (χ0n) is 31.3. The largest absolute Gasteiger partial charge is 0.478 e. The van der Waals surface area contributed by atoms with E-state index in [9.17, 15) is 44.8 Å². The number of aromatic carboxylic acids is 2. The molecule has 0 aliphatic carbocycles. The highest BCUT2D eigenvalue weighted by atomic mass is 16.6. The van der Waals surface area contributed by atoms with Gasteiger partial charge in [-0.15, -0.1) is 0 Å². The molecule has 0 fully saturated rings. The van der Waals surface area contributed by atoms with Crippen molar-refractivity contribution in [1.82, 2.24) is 0 Å². The lowest BCUT2D eigenvalue weighted by Gasteiger charge is -2.26. The quantitative estimate of drug-likeness (QED) is 0.0528. The highest BCUT2D eigenvalue weighted by Gasteiger charge is 2.24. The van der Waals surface area contributed by atoms with E-state index in [2.05, 4.69) is 24.6 Å². The van der Waals surface area contributed by atoms with Gasteiger partial charge >= 0.3 is 11.9 Å². The molecule has 6 aromatic carbocycles. The van der Waals surface area contributed by atoms with E-state index in [0.717, 1.165) is 41.5 Å². The molecular formula is C43H34N4O12. The lowest BCUT2D eigenvalue weighted by molar-refractivity contribution is -0.385. The Morgan fingerprint density at radius 1 is 0.576 bits per heavy atom. The number of nitrogens with zero attached hydrogens (tertiary/aromatic N) is 2. The fourth-order valence-electron chi connectivity index (χ4n) is 5.95. The summed E-state index contributed by atoms with van der Waals surface area (Å²) >= 11 is 0. The zero-order valence-corrected chi connectivity index (χ0v) is 31.3. The van der Waals surface area contributed by atoms with E-state index in [-0.39, 0.29) is 40.0 Å². The van der Waals surface area contributed by atoms with E-state index in [4.69, 9.17) is 14.3 Å². The highest BCUT2D eigenvalue weighted by Crippen LogP contribution is 2.35. The predicted octanol–water partition coefficient (Wildman–Crippen LogP) is 9.61. The Balaban J connectivity index is 1.01. The third-order valence-corrected chi connectivity index (χ3v) is 9.23. The molecule has 59 heavy (non-hydrogen) atoms. The van der Waals surface area contributed by atoms with Crippen molar-refractivity contribution in [2.24, 2.45) is 0 Å². The van der Waals surface area contributed by atoms with Crippen molar-refractivity contribution in [3.05, 3.63) is 187 Å². The number of non-ortho nitro benzene ring substituents is 2. The first-order chi connectivity index (χ1) is 28.2. The van der Waals surface area contributed by atoms with Crippen LogP contribution in [-0.4, -0.2) is 37.9 Å². The number of rotatable bonds is 16. The Morgan fingerprint density at radius 3 is 1.46 bits per heavy atom. The van der Waals surface area contributed by atoms with E-state index >= 15 is 0 Å². The fourth-order valence-corrected chi connectivity index (χ4v) is 5.95. The van der Waals surface area contributed by atoms with Crippen LogP contribution in [0.1, 0.15) is 61.6 Å². The van der Waals surface area contributed by atoms with Crippen LogP contribution in [0.4, 0.5) is 22.7 Å². The van der Waals surface area contributed by atoms with Gasteiger partial charge in [-0.1, -0.05) is 38.1 Å². The molecule has 0 radical (unpaired) electrons. The summed E-state index contributed by atoms with van der Waals surface area (Å²) in [5.41, 5.74) is 3.93. The van der Waals surface area contributed by atoms with Crippen molar-refractivity contribution < 1.29 is 48.8 Å². The second-order valence-electron chi connectivity index (χ2n) is 13.5. The van der Waals surface area contributed by atoms with Crippen molar-refractivity contribution in [2.45, 2.75) is 25.9 Å². The number of anilines is 2. The van der Waals surface area contributed by atoms with Crippen LogP contribution >= 0.6 is 0 Å². The number of carboxylic acids is 2. The summed E-state index contributed by atoms with van der Waals surface area (Å²) in [6.45, 7) is 3.96. The first-order valence-corrected chi connectivity index (χ1v) is 17.7. The molecule has 6 aromatic rings. The van der Waals surface area contributed by atoms with Crippen molar-refractivity contribution >= 4 is 40.6 Å². The number of carbonyl (C=O) groups excluding carboxylic acids is 1. The molecule has 0 atom stereocenters. The van der Waals surface area contributed by atoms with Gasteiger partial charge in [0.25, 0.3) is 17.3 Å². The van der Waals surface area contributed by atoms with Crippen LogP contribution in [0.3, 0.4) is 0 Å². The molecule has 16 heteroatoms. The van der Waals surface area contributed by atoms with Crippen molar-refractivity contribution in [1.29, 1.82) is 0 Å². The van der Waals surface area contributed by atoms with Crippen molar-refractivity contribution in [3.8, 4) is 23.0 Å². The fraction of sp³-hybridized carbons (Fsp3) is 0.0930. The summed E-state index contributed by atoms with van der Waals surface area (Å²) in [6, 6.07) is 34.9. The van der Waals surface area contributed by atoms with Gasteiger partial charge in [-0.05, 0) is 96.1 Å². The standard InChI is InChI=1S/C43H34N4O12/c1-43(2,27-3-13-33(14-4-27)58-35-17-7-29(8-18-35)44-40(48)39-24-32(47(55)56)12-22-38(39)42(51)52)28-5-15-34(16-6-28)59-36-19-9-30(10-20-36)45-57-25-26-23-31(46(53)54)11-21-37(26)41(49)50/h3-24,45H,25H2,1-2H3,(H,44,48)(H,49,50)(H,51,52). The number of hydrogen-bond donors (Lipinski definition) is 4. The summed E-state index contributed by atoms with van der Waals surface area (Å²) in [7, 11) is 0. The molecule has 6 rings (SSSR count). The number of carbonyl (C=O) groups is 3. The van der Waals surface area contributed by atoms with Crippen LogP contribution in [0.15, 0.2) is 133 Å². The normalized spacial score (nSPS) is 10.9. The molecule has 0 spiro atoms. The second-order valence-corrected chi connectivity index (χ2v) is 13.5. The smallest absolute Gasteiger partial charge is 0.336 e. The van der Waals surface area contributed by atoms with Crippen LogP contribution < -0.4 is 20.3 Å². The lowest BCUT2D eigenvalue weighted by Crippen LogP contribution is -2.18.